The highest BCUT2D eigenvalue weighted by Gasteiger charge is 2.27. The summed E-state index contributed by atoms with van der Waals surface area (Å²) in [6.07, 6.45) is 1.97. The van der Waals surface area contributed by atoms with Gasteiger partial charge in [-0.3, -0.25) is 9.69 Å². The Labute approximate surface area is 129 Å². The summed E-state index contributed by atoms with van der Waals surface area (Å²) in [5, 5.41) is 2.95. The van der Waals surface area contributed by atoms with Gasteiger partial charge in [-0.05, 0) is 61.8 Å². The van der Waals surface area contributed by atoms with Gasteiger partial charge in [0.25, 0.3) is 0 Å². The number of benzene rings is 2. The highest BCUT2D eigenvalue weighted by atomic mass is 19.1. The van der Waals surface area contributed by atoms with Gasteiger partial charge in [0.05, 0.1) is 6.04 Å². The lowest BCUT2D eigenvalue weighted by molar-refractivity contribution is -0.119. The molecule has 4 heteroatoms. The zero-order chi connectivity index (χ0) is 15.5. The number of rotatable bonds is 3. The predicted molar refractivity (Wildman–Crippen MR) is 86.1 cm³/mol. The van der Waals surface area contributed by atoms with Crippen molar-refractivity contribution in [3.63, 3.8) is 0 Å². The van der Waals surface area contributed by atoms with Crippen molar-refractivity contribution >= 4 is 11.6 Å². The lowest BCUT2D eigenvalue weighted by atomic mass is 10.1. The molecule has 0 bridgehead atoms. The molecule has 3 rings (SSSR count). The number of halogens is 1. The summed E-state index contributed by atoms with van der Waals surface area (Å²) >= 11 is 0. The van der Waals surface area contributed by atoms with Crippen molar-refractivity contribution in [3.8, 4) is 11.1 Å². The summed E-state index contributed by atoms with van der Waals surface area (Å²) in [6, 6.07) is 13.9. The van der Waals surface area contributed by atoms with E-state index in [2.05, 4.69) is 10.2 Å². The summed E-state index contributed by atoms with van der Waals surface area (Å²) < 4.78 is 13.3. The van der Waals surface area contributed by atoms with Crippen LogP contribution in [0.15, 0.2) is 48.5 Å². The number of anilines is 1. The van der Waals surface area contributed by atoms with Gasteiger partial charge in [-0.25, -0.2) is 4.39 Å². The van der Waals surface area contributed by atoms with Crippen molar-refractivity contribution < 1.29 is 9.18 Å². The fraction of sp³-hybridized carbons (Fsp3) is 0.278. The molecule has 1 atom stereocenters. The van der Waals surface area contributed by atoms with E-state index in [1.807, 2.05) is 37.4 Å². The molecule has 0 aliphatic carbocycles. The lowest BCUT2D eigenvalue weighted by Crippen LogP contribution is -2.37. The molecule has 1 saturated heterocycles. The Hall–Kier alpha value is -2.20. The minimum absolute atomic E-state index is 0.0390. The van der Waals surface area contributed by atoms with Crippen molar-refractivity contribution in [2.45, 2.75) is 18.9 Å². The monoisotopic (exact) mass is 298 g/mol. The van der Waals surface area contributed by atoms with Crippen molar-refractivity contribution in [1.29, 1.82) is 0 Å². The topological polar surface area (TPSA) is 32.3 Å². The molecular weight excluding hydrogens is 279 g/mol. The van der Waals surface area contributed by atoms with Crippen LogP contribution in [0.25, 0.3) is 11.1 Å². The van der Waals surface area contributed by atoms with E-state index in [-0.39, 0.29) is 17.8 Å². The molecule has 0 radical (unpaired) electrons. The van der Waals surface area contributed by atoms with Crippen LogP contribution >= 0.6 is 0 Å². The second-order valence-corrected chi connectivity index (χ2v) is 5.72. The first kappa shape index (κ1) is 14.7. The minimum atomic E-state index is -0.251. The Balaban J connectivity index is 1.70. The number of carbonyl (C=O) groups excluding carboxylic acids is 1. The third-order valence-electron chi connectivity index (χ3n) is 4.13. The van der Waals surface area contributed by atoms with Gasteiger partial charge < -0.3 is 5.32 Å². The lowest BCUT2D eigenvalue weighted by Gasteiger charge is -2.18. The number of hydrogen-bond donors (Lipinski definition) is 1. The van der Waals surface area contributed by atoms with Crippen LogP contribution in [0, 0.1) is 5.82 Å². The third kappa shape index (κ3) is 3.17. The zero-order valence-electron chi connectivity index (χ0n) is 12.6. The van der Waals surface area contributed by atoms with Crippen molar-refractivity contribution in [2.75, 3.05) is 18.9 Å². The highest BCUT2D eigenvalue weighted by molar-refractivity contribution is 5.95. The van der Waals surface area contributed by atoms with E-state index < -0.39 is 0 Å². The van der Waals surface area contributed by atoms with Gasteiger partial charge in [0.2, 0.25) is 5.91 Å². The van der Waals surface area contributed by atoms with Crippen LogP contribution in [0.4, 0.5) is 10.1 Å². The van der Waals surface area contributed by atoms with Crippen molar-refractivity contribution in [1.82, 2.24) is 4.90 Å². The van der Waals surface area contributed by atoms with E-state index >= 15 is 0 Å². The van der Waals surface area contributed by atoms with E-state index in [1.165, 1.54) is 12.1 Å². The average molecular weight is 298 g/mol. The Morgan fingerprint density at radius 1 is 1.18 bits per heavy atom. The molecule has 2 aromatic carbocycles. The molecule has 2 aromatic rings. The molecule has 1 heterocycles. The van der Waals surface area contributed by atoms with E-state index in [1.54, 1.807) is 6.07 Å². The minimum Gasteiger partial charge on any atom is -0.325 e. The number of carbonyl (C=O) groups is 1. The molecule has 1 amide bonds. The first-order valence-corrected chi connectivity index (χ1v) is 7.50. The molecule has 0 saturated carbocycles. The average Bonchev–Trinajstić information content (AvgIpc) is 2.94. The third-order valence-corrected chi connectivity index (χ3v) is 4.13. The van der Waals surface area contributed by atoms with E-state index in [4.69, 9.17) is 0 Å². The second kappa shape index (κ2) is 6.28. The first-order chi connectivity index (χ1) is 10.6. The number of hydrogen-bond acceptors (Lipinski definition) is 2. The summed E-state index contributed by atoms with van der Waals surface area (Å²) in [7, 11) is 1.98. The fourth-order valence-electron chi connectivity index (χ4n) is 2.88. The fourth-order valence-corrected chi connectivity index (χ4v) is 2.88. The van der Waals surface area contributed by atoms with Gasteiger partial charge in [-0.1, -0.05) is 24.3 Å². The van der Waals surface area contributed by atoms with Gasteiger partial charge in [0.1, 0.15) is 5.82 Å². The van der Waals surface area contributed by atoms with Crippen LogP contribution in [0.2, 0.25) is 0 Å². The summed E-state index contributed by atoms with van der Waals surface area (Å²) in [6.45, 7) is 0.969. The number of likely N-dealkylation sites (tertiary alicyclic amines) is 1. The summed E-state index contributed by atoms with van der Waals surface area (Å²) in [4.78, 5) is 14.3. The smallest absolute Gasteiger partial charge is 0.241 e. The second-order valence-electron chi connectivity index (χ2n) is 5.72. The number of likely N-dealkylation sites (N-methyl/N-ethyl adjacent to an activating group) is 1. The van der Waals surface area contributed by atoms with Gasteiger partial charge >= 0.3 is 0 Å². The largest absolute Gasteiger partial charge is 0.325 e. The molecule has 0 unspecified atom stereocenters. The zero-order valence-corrected chi connectivity index (χ0v) is 12.6. The molecule has 0 aromatic heterocycles. The standard InChI is InChI=1S/C18H19FN2O/c1-21-11-3-6-17(21)18(22)20-16-9-7-13(8-10-16)14-4-2-5-15(19)12-14/h2,4-5,7-10,12,17H,3,6,11H2,1H3,(H,20,22)/t17-/m1/s1. The summed E-state index contributed by atoms with van der Waals surface area (Å²) in [5.74, 6) is -0.211. The maximum atomic E-state index is 13.3. The SMILES string of the molecule is CN1CCC[C@@H]1C(=O)Nc1ccc(-c2cccc(F)c2)cc1. The number of nitrogens with zero attached hydrogens (tertiary/aromatic N) is 1. The highest BCUT2D eigenvalue weighted by Crippen LogP contribution is 2.23. The van der Waals surface area contributed by atoms with Gasteiger partial charge in [0, 0.05) is 5.69 Å². The normalized spacial score (nSPS) is 18.4. The van der Waals surface area contributed by atoms with Crippen LogP contribution in [-0.4, -0.2) is 30.4 Å². The van der Waals surface area contributed by atoms with E-state index in [0.717, 1.165) is 36.2 Å². The first-order valence-electron chi connectivity index (χ1n) is 7.50. The number of amides is 1. The Bertz CT molecular complexity index is 669. The molecule has 1 fully saturated rings. The van der Waals surface area contributed by atoms with Crippen LogP contribution in [0.1, 0.15) is 12.8 Å². The molecular formula is C18H19FN2O. The van der Waals surface area contributed by atoms with Crippen LogP contribution in [-0.2, 0) is 4.79 Å². The van der Waals surface area contributed by atoms with Crippen molar-refractivity contribution in [3.05, 3.63) is 54.3 Å². The maximum absolute atomic E-state index is 13.3. The van der Waals surface area contributed by atoms with Crippen LogP contribution in [0.3, 0.4) is 0 Å². The van der Waals surface area contributed by atoms with Gasteiger partial charge in [-0.2, -0.15) is 0 Å². The molecule has 0 spiro atoms. The quantitative estimate of drug-likeness (QED) is 0.940. The number of nitrogens with one attached hydrogen (secondary N) is 1. The molecule has 3 nitrogen and oxygen atoms in total. The van der Waals surface area contributed by atoms with Crippen LogP contribution in [0.5, 0.6) is 0 Å². The Morgan fingerprint density at radius 2 is 1.95 bits per heavy atom. The maximum Gasteiger partial charge on any atom is 0.241 e. The van der Waals surface area contributed by atoms with Gasteiger partial charge in [-0.15, -0.1) is 0 Å². The van der Waals surface area contributed by atoms with E-state index in [9.17, 15) is 9.18 Å². The molecule has 1 aliphatic heterocycles. The molecule has 1 N–H and O–H groups in total. The Morgan fingerprint density at radius 3 is 2.59 bits per heavy atom. The van der Waals surface area contributed by atoms with E-state index in [0.29, 0.717) is 0 Å². The van der Waals surface area contributed by atoms with Crippen LogP contribution < -0.4 is 5.32 Å². The molecule has 1 aliphatic rings. The predicted octanol–water partition coefficient (Wildman–Crippen LogP) is 3.53. The van der Waals surface area contributed by atoms with Crippen molar-refractivity contribution in [2.24, 2.45) is 0 Å². The Kier molecular flexibility index (Phi) is 4.20. The molecule has 22 heavy (non-hydrogen) atoms. The molecule has 114 valence electrons. The van der Waals surface area contributed by atoms with Gasteiger partial charge in [0.15, 0.2) is 0 Å². The summed E-state index contributed by atoms with van der Waals surface area (Å²) in [5.41, 5.74) is 2.52.